The Bertz CT molecular complexity index is 128. The summed E-state index contributed by atoms with van der Waals surface area (Å²) < 4.78 is 25.8. The number of ether oxygens (including phenoxy) is 2. The lowest BCUT2D eigenvalue weighted by atomic mass is 9.81. The van der Waals surface area contributed by atoms with E-state index in [0.29, 0.717) is 27.0 Å². The van der Waals surface area contributed by atoms with Crippen molar-refractivity contribution in [1.29, 1.82) is 0 Å². The minimum atomic E-state index is 0.0219. The second-order valence-electron chi connectivity index (χ2n) is 3.98. The SMILES string of the molecule is [3H]CCCC(CCC[3H])(COCC)COCC. The predicted octanol–water partition coefficient (Wildman–Crippen LogP) is 3.65. The Morgan fingerprint density at radius 3 is 1.73 bits per heavy atom. The van der Waals surface area contributed by atoms with Crippen LogP contribution in [-0.2, 0) is 9.47 Å². The molecular weight excluding hydrogens is 188 g/mol. The minimum absolute atomic E-state index is 0.0219. The highest BCUT2D eigenvalue weighted by molar-refractivity contribution is 4.78. The Kier molecular flexibility index (Phi) is 6.97. The van der Waals surface area contributed by atoms with Gasteiger partial charge in [0.05, 0.1) is 13.2 Å². The fourth-order valence-electron chi connectivity index (χ4n) is 1.84. The molecule has 0 aliphatic rings. The van der Waals surface area contributed by atoms with Gasteiger partial charge in [0.1, 0.15) is 0 Å². The molecule has 0 radical (unpaired) electrons. The third-order valence-corrected chi connectivity index (χ3v) is 2.64. The van der Waals surface area contributed by atoms with Gasteiger partial charge < -0.3 is 9.47 Å². The van der Waals surface area contributed by atoms with Crippen LogP contribution in [0.5, 0.6) is 0 Å². The van der Waals surface area contributed by atoms with E-state index < -0.39 is 0 Å². The highest BCUT2D eigenvalue weighted by atomic mass is 16.5. The lowest BCUT2D eigenvalue weighted by molar-refractivity contribution is -0.0272. The molecule has 0 atom stereocenters. The molecule has 0 spiro atoms. The van der Waals surface area contributed by atoms with Crippen molar-refractivity contribution in [1.82, 2.24) is 0 Å². The molecule has 92 valence electrons. The number of rotatable bonds is 10. The Balaban J connectivity index is 4.39. The lowest BCUT2D eigenvalue weighted by Gasteiger charge is -2.32. The van der Waals surface area contributed by atoms with Crippen LogP contribution in [0.25, 0.3) is 0 Å². The van der Waals surface area contributed by atoms with Gasteiger partial charge in [0.15, 0.2) is 0 Å². The fraction of sp³-hybridized carbons (Fsp3) is 1.00. The Hall–Kier alpha value is -0.0800. The summed E-state index contributed by atoms with van der Waals surface area (Å²) in [4.78, 5) is 0. The first-order valence-corrected chi connectivity index (χ1v) is 5.98. The van der Waals surface area contributed by atoms with Crippen molar-refractivity contribution < 1.29 is 12.2 Å². The first-order chi connectivity index (χ1) is 8.24. The van der Waals surface area contributed by atoms with E-state index in [0.717, 1.165) is 38.9 Å². The van der Waals surface area contributed by atoms with Crippen molar-refractivity contribution >= 4 is 0 Å². The lowest BCUT2D eigenvalue weighted by Crippen LogP contribution is -2.32. The number of hydrogen-bond donors (Lipinski definition) is 0. The molecule has 0 unspecified atom stereocenters. The molecule has 0 rings (SSSR count). The molecule has 0 saturated heterocycles. The van der Waals surface area contributed by atoms with Crippen molar-refractivity contribution in [3.05, 3.63) is 0 Å². The van der Waals surface area contributed by atoms with E-state index in [2.05, 4.69) is 0 Å². The smallest absolute Gasteiger partial charge is 0.0544 e. The molecule has 0 aromatic carbocycles. The van der Waals surface area contributed by atoms with E-state index in [4.69, 9.17) is 12.2 Å². The van der Waals surface area contributed by atoms with Crippen LogP contribution in [0.2, 0.25) is 0 Å². The molecule has 0 N–H and O–H groups in total. The normalized spacial score (nSPS) is 13.7. The first-order valence-electron chi connectivity index (χ1n) is 7.40. The van der Waals surface area contributed by atoms with Crippen molar-refractivity contribution in [3.63, 3.8) is 0 Å². The van der Waals surface area contributed by atoms with E-state index >= 15 is 0 Å². The fourth-order valence-corrected chi connectivity index (χ4v) is 1.84. The molecule has 15 heavy (non-hydrogen) atoms. The Morgan fingerprint density at radius 1 is 0.933 bits per heavy atom. The van der Waals surface area contributed by atoms with Gasteiger partial charge in [0.25, 0.3) is 0 Å². The van der Waals surface area contributed by atoms with E-state index in [9.17, 15) is 0 Å². The zero-order chi connectivity index (χ0) is 13.0. The standard InChI is InChI=1S/C13H28O2/c1-5-9-13(10-6-2,11-14-7-3)12-15-8-4/h5-12H2,1-4H3/i1T,2T. The molecule has 2 nitrogen and oxygen atoms in total. The average molecular weight is 220 g/mol. The van der Waals surface area contributed by atoms with E-state index in [-0.39, 0.29) is 5.41 Å². The van der Waals surface area contributed by atoms with Crippen molar-refractivity contribution in [2.45, 2.75) is 53.3 Å². The van der Waals surface area contributed by atoms with Crippen LogP contribution in [-0.4, -0.2) is 26.4 Å². The Labute approximate surface area is 98.2 Å². The molecule has 2 heteroatoms. The highest BCUT2D eigenvalue weighted by Gasteiger charge is 2.28. The summed E-state index contributed by atoms with van der Waals surface area (Å²) >= 11 is 0. The highest BCUT2D eigenvalue weighted by Crippen LogP contribution is 2.30. The van der Waals surface area contributed by atoms with Gasteiger partial charge >= 0.3 is 0 Å². The van der Waals surface area contributed by atoms with Crippen LogP contribution in [0.15, 0.2) is 0 Å². The van der Waals surface area contributed by atoms with Crippen LogP contribution >= 0.6 is 0 Å². The summed E-state index contributed by atoms with van der Waals surface area (Å²) in [6, 6.07) is 0. The van der Waals surface area contributed by atoms with Crippen molar-refractivity contribution in [2.24, 2.45) is 5.41 Å². The van der Waals surface area contributed by atoms with E-state index in [1.807, 2.05) is 13.8 Å². The first kappa shape index (κ1) is 11.4. The minimum Gasteiger partial charge on any atom is -0.381 e. The second kappa shape index (κ2) is 9.17. The molecule has 0 heterocycles. The molecule has 0 bridgehead atoms. The topological polar surface area (TPSA) is 18.5 Å². The zero-order valence-electron chi connectivity index (χ0n) is 12.4. The molecular formula is C13H28O2. The number of hydrogen-bond acceptors (Lipinski definition) is 2. The van der Waals surface area contributed by atoms with Crippen LogP contribution < -0.4 is 0 Å². The van der Waals surface area contributed by atoms with Gasteiger partial charge in [0.2, 0.25) is 0 Å². The quantitative estimate of drug-likeness (QED) is 0.559. The van der Waals surface area contributed by atoms with E-state index in [1.165, 1.54) is 0 Å². The summed E-state index contributed by atoms with van der Waals surface area (Å²) in [5, 5.41) is 0. The van der Waals surface area contributed by atoms with Gasteiger partial charge in [-0.3, -0.25) is 0 Å². The van der Waals surface area contributed by atoms with Crippen LogP contribution in [0.4, 0.5) is 0 Å². The summed E-state index contributed by atoms with van der Waals surface area (Å²) in [5.74, 6) is 0. The van der Waals surface area contributed by atoms with Gasteiger partial charge in [-0.2, -0.15) is 0 Å². The predicted molar refractivity (Wildman–Crippen MR) is 65.2 cm³/mol. The van der Waals surface area contributed by atoms with Crippen LogP contribution in [0.1, 0.15) is 56.1 Å². The molecule has 0 amide bonds. The maximum Gasteiger partial charge on any atom is 0.0544 e. The van der Waals surface area contributed by atoms with Crippen molar-refractivity contribution in [2.75, 3.05) is 26.4 Å². The molecule has 0 aliphatic heterocycles. The van der Waals surface area contributed by atoms with Crippen LogP contribution in [0.3, 0.4) is 0 Å². The molecule has 0 fully saturated rings. The third kappa shape index (κ3) is 6.16. The molecule has 0 saturated carbocycles. The van der Waals surface area contributed by atoms with E-state index in [1.54, 1.807) is 0 Å². The molecule has 0 aromatic rings. The third-order valence-electron chi connectivity index (χ3n) is 2.64. The van der Waals surface area contributed by atoms with Gasteiger partial charge in [-0.1, -0.05) is 26.6 Å². The largest absolute Gasteiger partial charge is 0.381 e. The van der Waals surface area contributed by atoms with Gasteiger partial charge in [-0.25, -0.2) is 0 Å². The monoisotopic (exact) mass is 220 g/mol. The molecule has 0 aliphatic carbocycles. The second-order valence-corrected chi connectivity index (χ2v) is 3.98. The maximum atomic E-state index is 7.30. The summed E-state index contributed by atoms with van der Waals surface area (Å²) in [5.41, 5.74) is 0.0219. The van der Waals surface area contributed by atoms with Crippen molar-refractivity contribution in [3.8, 4) is 0 Å². The van der Waals surface area contributed by atoms with Gasteiger partial charge in [0, 0.05) is 21.4 Å². The summed E-state index contributed by atoms with van der Waals surface area (Å²) in [7, 11) is 0. The van der Waals surface area contributed by atoms with Gasteiger partial charge in [-0.15, -0.1) is 0 Å². The maximum absolute atomic E-state index is 7.30. The summed E-state index contributed by atoms with van der Waals surface area (Å²) in [6.45, 7) is 7.75. The average Bonchev–Trinajstić information content (AvgIpc) is 2.37. The van der Waals surface area contributed by atoms with Gasteiger partial charge in [-0.05, 0) is 26.7 Å². The zero-order valence-corrected chi connectivity index (χ0v) is 10.4. The Morgan fingerprint density at radius 2 is 1.40 bits per heavy atom. The molecule has 0 aromatic heterocycles. The summed E-state index contributed by atoms with van der Waals surface area (Å²) in [6.07, 6.45) is 3.71. The van der Waals surface area contributed by atoms with Crippen LogP contribution in [0, 0.1) is 5.41 Å².